The molecular formula is C19H36N4. The van der Waals surface area contributed by atoms with Crippen LogP contribution in [0.4, 0.5) is 0 Å². The van der Waals surface area contributed by atoms with Crippen LogP contribution in [0.15, 0.2) is 0 Å². The molecule has 3 saturated heterocycles. The lowest BCUT2D eigenvalue weighted by molar-refractivity contribution is 0.129. The minimum atomic E-state index is 0.868. The first kappa shape index (κ1) is 17.7. The van der Waals surface area contributed by atoms with E-state index < -0.39 is 0 Å². The van der Waals surface area contributed by atoms with E-state index in [0.717, 1.165) is 18.4 Å². The normalized spacial score (nSPS) is 32.1. The monoisotopic (exact) mass is 320 g/mol. The van der Waals surface area contributed by atoms with E-state index in [1.54, 1.807) is 0 Å². The lowest BCUT2D eigenvalue weighted by Gasteiger charge is -2.35. The standard InChI is InChI=1S/C19H36N4/c1-18-14-19(2)16-23(15-18)13-12-22-11-10-21(17-22)9-5-8-20-6-3-4-7-20/h18-19H,3-16H2,1-2H3/t18-,19+. The van der Waals surface area contributed by atoms with Crippen molar-refractivity contribution in [3.8, 4) is 0 Å². The highest BCUT2D eigenvalue weighted by molar-refractivity contribution is 4.83. The molecule has 23 heavy (non-hydrogen) atoms. The van der Waals surface area contributed by atoms with Gasteiger partial charge < -0.3 is 9.80 Å². The fraction of sp³-hybridized carbons (Fsp3) is 0.947. The maximum Gasteiger partial charge on any atom is 0.146 e. The Bertz CT molecular complexity index is 332. The van der Waals surface area contributed by atoms with Crippen LogP contribution in [-0.2, 0) is 0 Å². The van der Waals surface area contributed by atoms with Crippen LogP contribution in [0.1, 0.15) is 39.5 Å². The molecule has 0 aromatic carbocycles. The van der Waals surface area contributed by atoms with Crippen molar-refractivity contribution in [1.82, 2.24) is 19.6 Å². The van der Waals surface area contributed by atoms with Crippen LogP contribution in [0.3, 0.4) is 0 Å². The lowest BCUT2D eigenvalue weighted by Crippen LogP contribution is -2.42. The minimum Gasteiger partial charge on any atom is -0.303 e. The predicted molar refractivity (Wildman–Crippen MR) is 96.1 cm³/mol. The van der Waals surface area contributed by atoms with Crippen LogP contribution < -0.4 is 0 Å². The molecule has 4 heteroatoms. The van der Waals surface area contributed by atoms with Crippen molar-refractivity contribution in [2.24, 2.45) is 11.8 Å². The van der Waals surface area contributed by atoms with E-state index in [4.69, 9.17) is 0 Å². The summed E-state index contributed by atoms with van der Waals surface area (Å²) in [5, 5.41) is 0. The van der Waals surface area contributed by atoms with Gasteiger partial charge in [0.25, 0.3) is 0 Å². The lowest BCUT2D eigenvalue weighted by atomic mass is 9.92. The molecule has 2 atom stereocenters. The van der Waals surface area contributed by atoms with E-state index in [9.17, 15) is 0 Å². The molecule has 3 rings (SSSR count). The van der Waals surface area contributed by atoms with Crippen molar-refractivity contribution in [2.75, 3.05) is 65.4 Å². The zero-order valence-corrected chi connectivity index (χ0v) is 15.3. The van der Waals surface area contributed by atoms with E-state index in [1.165, 1.54) is 84.6 Å². The van der Waals surface area contributed by atoms with Gasteiger partial charge in [0.05, 0.1) is 0 Å². The summed E-state index contributed by atoms with van der Waals surface area (Å²) < 4.78 is 0. The largest absolute Gasteiger partial charge is 0.303 e. The molecule has 3 heterocycles. The summed E-state index contributed by atoms with van der Waals surface area (Å²) in [4.78, 5) is 10.1. The third-order valence-electron chi connectivity index (χ3n) is 5.65. The molecule has 3 aliphatic heterocycles. The summed E-state index contributed by atoms with van der Waals surface area (Å²) in [5.41, 5.74) is 0. The number of hydrogen-bond donors (Lipinski definition) is 0. The Morgan fingerprint density at radius 3 is 2.09 bits per heavy atom. The molecule has 3 aliphatic rings. The van der Waals surface area contributed by atoms with Gasteiger partial charge >= 0.3 is 0 Å². The molecule has 0 unspecified atom stereocenters. The first-order valence-electron chi connectivity index (χ1n) is 9.90. The molecule has 0 aromatic heterocycles. The Balaban J connectivity index is 1.27. The second-order valence-corrected chi connectivity index (χ2v) is 8.18. The van der Waals surface area contributed by atoms with Crippen LogP contribution in [0.25, 0.3) is 0 Å². The fourth-order valence-electron chi connectivity index (χ4n) is 4.59. The topological polar surface area (TPSA) is 13.0 Å². The third-order valence-corrected chi connectivity index (χ3v) is 5.65. The highest BCUT2D eigenvalue weighted by Gasteiger charge is 2.25. The first-order valence-corrected chi connectivity index (χ1v) is 9.90. The van der Waals surface area contributed by atoms with Crippen molar-refractivity contribution in [3.05, 3.63) is 6.67 Å². The zero-order chi connectivity index (χ0) is 16.1. The summed E-state index contributed by atoms with van der Waals surface area (Å²) in [6, 6.07) is 0. The maximum absolute atomic E-state index is 3.60. The van der Waals surface area contributed by atoms with Gasteiger partial charge in [0.2, 0.25) is 0 Å². The second-order valence-electron chi connectivity index (χ2n) is 8.18. The van der Waals surface area contributed by atoms with Crippen molar-refractivity contribution in [2.45, 2.75) is 39.5 Å². The third kappa shape index (κ3) is 5.70. The van der Waals surface area contributed by atoms with Crippen LogP contribution in [0.5, 0.6) is 0 Å². The Morgan fingerprint density at radius 1 is 0.739 bits per heavy atom. The van der Waals surface area contributed by atoms with E-state index in [1.807, 2.05) is 0 Å². The van der Waals surface area contributed by atoms with Gasteiger partial charge in [0, 0.05) is 45.8 Å². The first-order chi connectivity index (χ1) is 11.2. The highest BCUT2D eigenvalue weighted by Crippen LogP contribution is 2.21. The average molecular weight is 321 g/mol. The second kappa shape index (κ2) is 8.80. The molecule has 4 nitrogen and oxygen atoms in total. The van der Waals surface area contributed by atoms with Crippen molar-refractivity contribution in [1.29, 1.82) is 0 Å². The van der Waals surface area contributed by atoms with Crippen molar-refractivity contribution >= 4 is 0 Å². The summed E-state index contributed by atoms with van der Waals surface area (Å²) in [6.45, 7) is 20.8. The highest BCUT2D eigenvalue weighted by atomic mass is 15.4. The molecule has 0 N–H and O–H groups in total. The minimum absolute atomic E-state index is 0.868. The molecule has 0 amide bonds. The van der Waals surface area contributed by atoms with Gasteiger partial charge in [-0.2, -0.15) is 0 Å². The molecule has 0 aromatic rings. The summed E-state index contributed by atoms with van der Waals surface area (Å²) >= 11 is 0. The van der Waals surface area contributed by atoms with Crippen LogP contribution >= 0.6 is 0 Å². The molecular weight excluding hydrogens is 284 g/mol. The van der Waals surface area contributed by atoms with Crippen LogP contribution in [-0.4, -0.2) is 85.0 Å². The van der Waals surface area contributed by atoms with Gasteiger partial charge in [-0.15, -0.1) is 0 Å². The molecule has 0 aliphatic carbocycles. The zero-order valence-electron chi connectivity index (χ0n) is 15.3. The summed E-state index contributed by atoms with van der Waals surface area (Å²) in [6.07, 6.45) is 5.51. The summed E-state index contributed by atoms with van der Waals surface area (Å²) in [7, 11) is 0. The van der Waals surface area contributed by atoms with Gasteiger partial charge in [-0.05, 0) is 57.2 Å². The Hall–Kier alpha value is -0.160. The van der Waals surface area contributed by atoms with Gasteiger partial charge in [-0.25, -0.2) is 0 Å². The Labute approximate surface area is 143 Å². The van der Waals surface area contributed by atoms with E-state index in [2.05, 4.69) is 40.1 Å². The van der Waals surface area contributed by atoms with Gasteiger partial charge in [0.1, 0.15) is 6.67 Å². The Kier molecular flexibility index (Phi) is 6.75. The fourth-order valence-corrected chi connectivity index (χ4v) is 4.59. The number of piperidine rings is 1. The van der Waals surface area contributed by atoms with Crippen molar-refractivity contribution < 1.29 is 0 Å². The quantitative estimate of drug-likeness (QED) is 0.712. The molecule has 0 spiro atoms. The number of rotatable bonds is 7. The molecule has 2 radical (unpaired) electrons. The molecule has 0 saturated carbocycles. The van der Waals surface area contributed by atoms with Crippen LogP contribution in [0.2, 0.25) is 0 Å². The average Bonchev–Trinajstić information content (AvgIpc) is 3.16. The SMILES string of the molecule is C[C@@H]1C[C@H](C)CN(CCN2[C]N(CCCN3CCCC3)CC2)C1. The molecule has 3 fully saturated rings. The van der Waals surface area contributed by atoms with Gasteiger partial charge in [0.15, 0.2) is 0 Å². The maximum atomic E-state index is 3.60. The van der Waals surface area contributed by atoms with E-state index in [-0.39, 0.29) is 0 Å². The van der Waals surface area contributed by atoms with Gasteiger partial charge in [-0.3, -0.25) is 9.80 Å². The molecule has 132 valence electrons. The predicted octanol–water partition coefficient (Wildman–Crippen LogP) is 2.06. The number of likely N-dealkylation sites (tertiary alicyclic amines) is 2. The summed E-state index contributed by atoms with van der Waals surface area (Å²) in [5.74, 6) is 1.74. The number of nitrogens with zero attached hydrogens (tertiary/aromatic N) is 4. The van der Waals surface area contributed by atoms with Gasteiger partial charge in [-0.1, -0.05) is 13.8 Å². The molecule has 0 bridgehead atoms. The van der Waals surface area contributed by atoms with Crippen LogP contribution in [0, 0.1) is 18.5 Å². The Morgan fingerprint density at radius 2 is 1.39 bits per heavy atom. The number of hydrogen-bond acceptors (Lipinski definition) is 4. The van der Waals surface area contributed by atoms with E-state index in [0.29, 0.717) is 0 Å². The van der Waals surface area contributed by atoms with E-state index >= 15 is 0 Å². The van der Waals surface area contributed by atoms with Crippen molar-refractivity contribution in [3.63, 3.8) is 0 Å². The smallest absolute Gasteiger partial charge is 0.146 e.